The number of β-amino-alcohol motifs (C(OH)–C–C–N with tert-alkyl or cyclic N) is 1. The van der Waals surface area contributed by atoms with Crippen molar-refractivity contribution < 1.29 is 14.6 Å². The molecule has 1 aliphatic heterocycles. The van der Waals surface area contributed by atoms with Gasteiger partial charge in [-0.1, -0.05) is 25.5 Å². The van der Waals surface area contributed by atoms with Crippen LogP contribution >= 0.6 is 0 Å². The Kier molecular flexibility index (Phi) is 4.10. The number of carbonyl (C=O) groups excluding carboxylic acids is 1. The Hall–Kier alpha value is -1.55. The smallest absolute Gasteiger partial charge is 0.227 e. The number of likely N-dealkylation sites (tertiary alicyclic amines) is 1. The van der Waals surface area contributed by atoms with Gasteiger partial charge in [-0.05, 0) is 24.1 Å². The van der Waals surface area contributed by atoms with E-state index in [1.165, 1.54) is 0 Å². The van der Waals surface area contributed by atoms with Crippen molar-refractivity contribution in [2.24, 2.45) is 0 Å². The van der Waals surface area contributed by atoms with E-state index in [9.17, 15) is 9.90 Å². The van der Waals surface area contributed by atoms with Gasteiger partial charge in [-0.2, -0.15) is 0 Å². The molecule has 1 aromatic rings. The lowest BCUT2D eigenvalue weighted by Crippen LogP contribution is -2.63. The van der Waals surface area contributed by atoms with Crippen molar-refractivity contribution in [3.63, 3.8) is 0 Å². The molecule has 1 fully saturated rings. The zero-order valence-corrected chi connectivity index (χ0v) is 11.6. The molecule has 0 radical (unpaired) electrons. The van der Waals surface area contributed by atoms with Gasteiger partial charge in [0.2, 0.25) is 5.91 Å². The van der Waals surface area contributed by atoms with Gasteiger partial charge in [0.05, 0.1) is 32.2 Å². The second kappa shape index (κ2) is 5.61. The van der Waals surface area contributed by atoms with Crippen molar-refractivity contribution in [2.75, 3.05) is 20.2 Å². The third kappa shape index (κ3) is 3.26. The summed E-state index contributed by atoms with van der Waals surface area (Å²) in [6, 6.07) is 7.52. The molecule has 0 aromatic heterocycles. The Labute approximate surface area is 114 Å². The van der Waals surface area contributed by atoms with E-state index in [1.807, 2.05) is 31.2 Å². The van der Waals surface area contributed by atoms with Gasteiger partial charge in [-0.25, -0.2) is 0 Å². The Bertz CT molecular complexity index is 452. The first kappa shape index (κ1) is 13.9. The summed E-state index contributed by atoms with van der Waals surface area (Å²) in [5.41, 5.74) is 0.286. The summed E-state index contributed by atoms with van der Waals surface area (Å²) >= 11 is 0. The molecule has 1 aliphatic rings. The molecule has 19 heavy (non-hydrogen) atoms. The van der Waals surface area contributed by atoms with E-state index in [2.05, 4.69) is 0 Å². The summed E-state index contributed by atoms with van der Waals surface area (Å²) < 4.78 is 5.14. The van der Waals surface area contributed by atoms with Gasteiger partial charge in [0.25, 0.3) is 0 Å². The molecule has 1 heterocycles. The molecule has 0 saturated carbocycles. The predicted octanol–water partition coefficient (Wildman–Crippen LogP) is 1.61. The topological polar surface area (TPSA) is 49.8 Å². The number of carbonyl (C=O) groups is 1. The van der Waals surface area contributed by atoms with Crippen LogP contribution in [0.1, 0.15) is 25.3 Å². The largest absolute Gasteiger partial charge is 0.497 e. The summed E-state index contributed by atoms with van der Waals surface area (Å²) in [6.07, 6.45) is 2.06. The Balaban J connectivity index is 1.89. The molecule has 0 unspecified atom stereocenters. The maximum atomic E-state index is 12.1. The van der Waals surface area contributed by atoms with Crippen LogP contribution in [0, 0.1) is 0 Å². The Morgan fingerprint density at radius 1 is 1.47 bits per heavy atom. The van der Waals surface area contributed by atoms with Crippen LogP contribution in [0.15, 0.2) is 24.3 Å². The minimum atomic E-state index is -0.654. The lowest BCUT2D eigenvalue weighted by atomic mass is 9.89. The molecule has 4 heteroatoms. The number of benzene rings is 1. The highest BCUT2D eigenvalue weighted by molar-refractivity contribution is 5.80. The normalized spacial score (nSPS) is 16.9. The van der Waals surface area contributed by atoms with E-state index in [4.69, 9.17) is 4.74 Å². The fraction of sp³-hybridized carbons (Fsp3) is 0.533. The van der Waals surface area contributed by atoms with Crippen LogP contribution < -0.4 is 4.74 Å². The zero-order valence-electron chi connectivity index (χ0n) is 11.6. The van der Waals surface area contributed by atoms with E-state index < -0.39 is 5.60 Å². The summed E-state index contributed by atoms with van der Waals surface area (Å²) in [7, 11) is 1.61. The van der Waals surface area contributed by atoms with Crippen molar-refractivity contribution in [3.05, 3.63) is 29.8 Å². The number of hydrogen-bond acceptors (Lipinski definition) is 3. The summed E-state index contributed by atoms with van der Waals surface area (Å²) in [4.78, 5) is 13.8. The summed E-state index contributed by atoms with van der Waals surface area (Å²) in [5.74, 6) is 0.824. The molecule has 104 valence electrons. The second-order valence-electron chi connectivity index (χ2n) is 5.25. The number of amides is 1. The molecule has 0 spiro atoms. The van der Waals surface area contributed by atoms with Crippen LogP contribution in [0.2, 0.25) is 0 Å². The molecule has 0 atom stereocenters. The van der Waals surface area contributed by atoms with E-state index >= 15 is 0 Å². The van der Waals surface area contributed by atoms with Crippen LogP contribution in [-0.2, 0) is 11.2 Å². The quantitative estimate of drug-likeness (QED) is 0.878. The standard InChI is InChI=1S/C15H21NO3/c1-3-7-15(18)10-16(11-15)14(17)9-12-5-4-6-13(8-12)19-2/h4-6,8,18H,3,7,9-11H2,1-2H3. The van der Waals surface area contributed by atoms with Gasteiger partial charge in [0.15, 0.2) is 0 Å². The molecule has 0 bridgehead atoms. The summed E-state index contributed by atoms with van der Waals surface area (Å²) in [5, 5.41) is 10.1. The fourth-order valence-corrected chi connectivity index (χ4v) is 2.53. The molecular weight excluding hydrogens is 242 g/mol. The van der Waals surface area contributed by atoms with Crippen LogP contribution in [0.25, 0.3) is 0 Å². The SMILES string of the molecule is CCCC1(O)CN(C(=O)Cc2cccc(OC)c2)C1. The van der Waals surface area contributed by atoms with Crippen LogP contribution in [0.5, 0.6) is 5.75 Å². The highest BCUT2D eigenvalue weighted by Gasteiger charge is 2.42. The van der Waals surface area contributed by atoms with Crippen molar-refractivity contribution in [3.8, 4) is 5.75 Å². The second-order valence-corrected chi connectivity index (χ2v) is 5.25. The van der Waals surface area contributed by atoms with Crippen molar-refractivity contribution in [2.45, 2.75) is 31.8 Å². The summed E-state index contributed by atoms with van der Waals surface area (Å²) in [6.45, 7) is 2.96. The lowest BCUT2D eigenvalue weighted by Gasteiger charge is -2.46. The molecular formula is C15H21NO3. The lowest BCUT2D eigenvalue weighted by molar-refractivity contribution is -0.155. The third-order valence-corrected chi connectivity index (χ3v) is 3.53. The maximum absolute atomic E-state index is 12.1. The van der Waals surface area contributed by atoms with Crippen LogP contribution in [0.3, 0.4) is 0 Å². The average molecular weight is 263 g/mol. The molecule has 0 aliphatic carbocycles. The van der Waals surface area contributed by atoms with Crippen molar-refractivity contribution >= 4 is 5.91 Å². The maximum Gasteiger partial charge on any atom is 0.227 e. The van der Waals surface area contributed by atoms with Crippen LogP contribution in [-0.4, -0.2) is 41.7 Å². The minimum Gasteiger partial charge on any atom is -0.497 e. The highest BCUT2D eigenvalue weighted by Crippen LogP contribution is 2.26. The first-order chi connectivity index (χ1) is 9.06. The molecule has 1 N–H and O–H groups in total. The number of hydrogen-bond donors (Lipinski definition) is 1. The van der Waals surface area contributed by atoms with Gasteiger partial charge >= 0.3 is 0 Å². The van der Waals surface area contributed by atoms with Gasteiger partial charge in [-0.3, -0.25) is 4.79 Å². The van der Waals surface area contributed by atoms with Crippen molar-refractivity contribution in [1.29, 1.82) is 0 Å². The van der Waals surface area contributed by atoms with Gasteiger partial charge in [0.1, 0.15) is 5.75 Å². The fourth-order valence-electron chi connectivity index (χ4n) is 2.53. The molecule has 1 saturated heterocycles. The Morgan fingerprint density at radius 3 is 2.84 bits per heavy atom. The number of nitrogens with zero attached hydrogens (tertiary/aromatic N) is 1. The number of aliphatic hydroxyl groups is 1. The highest BCUT2D eigenvalue weighted by atomic mass is 16.5. The van der Waals surface area contributed by atoms with E-state index in [0.29, 0.717) is 19.5 Å². The Morgan fingerprint density at radius 2 is 2.21 bits per heavy atom. The number of ether oxygens (including phenoxy) is 1. The molecule has 2 rings (SSSR count). The van der Waals surface area contributed by atoms with E-state index in [0.717, 1.165) is 24.2 Å². The average Bonchev–Trinajstić information content (AvgIpc) is 2.36. The van der Waals surface area contributed by atoms with Crippen LogP contribution in [0.4, 0.5) is 0 Å². The van der Waals surface area contributed by atoms with Gasteiger partial charge in [-0.15, -0.1) is 0 Å². The zero-order chi connectivity index (χ0) is 13.9. The first-order valence-electron chi connectivity index (χ1n) is 6.69. The van der Waals surface area contributed by atoms with Gasteiger partial charge in [0, 0.05) is 0 Å². The van der Waals surface area contributed by atoms with Gasteiger partial charge < -0.3 is 14.7 Å². The number of rotatable bonds is 5. The van der Waals surface area contributed by atoms with E-state index in [1.54, 1.807) is 12.0 Å². The predicted molar refractivity (Wildman–Crippen MR) is 73.1 cm³/mol. The molecule has 1 amide bonds. The third-order valence-electron chi connectivity index (χ3n) is 3.53. The monoisotopic (exact) mass is 263 g/mol. The van der Waals surface area contributed by atoms with E-state index in [-0.39, 0.29) is 5.91 Å². The minimum absolute atomic E-state index is 0.0639. The van der Waals surface area contributed by atoms with Crippen molar-refractivity contribution in [1.82, 2.24) is 4.90 Å². The first-order valence-corrected chi connectivity index (χ1v) is 6.69. The molecule has 4 nitrogen and oxygen atoms in total. The number of methoxy groups -OCH3 is 1. The molecule has 1 aromatic carbocycles.